The lowest BCUT2D eigenvalue weighted by Gasteiger charge is -2.37. The Morgan fingerprint density at radius 1 is 1.27 bits per heavy atom. The van der Waals surface area contributed by atoms with Crippen LogP contribution in [0.1, 0.15) is 35.3 Å². The molecule has 0 radical (unpaired) electrons. The van der Waals surface area contributed by atoms with Crippen LogP contribution < -0.4 is 9.47 Å². The molecule has 0 saturated carbocycles. The number of pyridine rings is 1. The molecule has 11 nitrogen and oxygen atoms in total. The van der Waals surface area contributed by atoms with Gasteiger partial charge in [0.2, 0.25) is 5.88 Å². The van der Waals surface area contributed by atoms with E-state index in [2.05, 4.69) is 21.8 Å². The Morgan fingerprint density at radius 2 is 2.02 bits per heavy atom. The number of rotatable bonds is 7. The number of likely N-dealkylation sites (N-methyl/N-ethyl adjacent to an activating group) is 1. The van der Waals surface area contributed by atoms with Crippen molar-refractivity contribution in [1.82, 2.24) is 23.7 Å². The zero-order valence-corrected chi connectivity index (χ0v) is 23.9. The van der Waals surface area contributed by atoms with Crippen LogP contribution in [0.4, 0.5) is 0 Å². The zero-order valence-electron chi connectivity index (χ0n) is 23.1. The number of hydrogen-bond donors (Lipinski definition) is 1. The van der Waals surface area contributed by atoms with Gasteiger partial charge >= 0.3 is 0 Å². The molecule has 0 unspecified atom stereocenters. The van der Waals surface area contributed by atoms with Gasteiger partial charge in [0.1, 0.15) is 17.4 Å². The van der Waals surface area contributed by atoms with Gasteiger partial charge in [-0.2, -0.15) is 4.31 Å². The van der Waals surface area contributed by atoms with Crippen molar-refractivity contribution in [3.8, 4) is 23.5 Å². The first-order valence-electron chi connectivity index (χ1n) is 12.7. The second-order valence-electron chi connectivity index (χ2n) is 9.81. The van der Waals surface area contributed by atoms with Gasteiger partial charge in [-0.15, -0.1) is 0 Å². The Balaban J connectivity index is 1.69. The molecule has 0 aliphatic carbocycles. The fourth-order valence-electron chi connectivity index (χ4n) is 4.31. The SMILES string of the molecule is COc1ccccc1C#Cc1cnc2c(c1)C(=O)N([C@@H](C)CO)C[C@H](C)[C@@H](CN(C)S(=O)(=O)c1cn(C)cn1)O2. The molecule has 0 fully saturated rings. The number of carbonyl (C=O) groups is 1. The predicted octanol–water partition coefficient (Wildman–Crippen LogP) is 1.76. The molecule has 1 aliphatic rings. The number of amides is 1. The van der Waals surface area contributed by atoms with Gasteiger partial charge in [-0.05, 0) is 25.1 Å². The lowest BCUT2D eigenvalue weighted by Crippen LogP contribution is -2.50. The normalized spacial score (nSPS) is 18.2. The average Bonchev–Trinajstić information content (AvgIpc) is 3.40. The van der Waals surface area contributed by atoms with Crippen LogP contribution in [0.5, 0.6) is 11.6 Å². The van der Waals surface area contributed by atoms with Gasteiger partial charge < -0.3 is 24.0 Å². The number of aliphatic hydroxyl groups excluding tert-OH is 1. The van der Waals surface area contributed by atoms with Gasteiger partial charge in [0, 0.05) is 44.5 Å². The molecule has 0 spiro atoms. The number of imidazole rings is 1. The first kappa shape index (κ1) is 29.1. The molecule has 4 rings (SSSR count). The standard InChI is InChI=1S/C28H33N5O6S/c1-19-14-33(20(2)17-34)28(35)23-12-21(10-11-22-8-6-7-9-24(22)38-5)13-29-27(23)39-25(19)15-32(4)40(36,37)26-16-31(3)18-30-26/h6-9,12-13,16,18-20,25,34H,14-15,17H2,1-5H3/t19-,20-,25+/m0/s1. The summed E-state index contributed by atoms with van der Waals surface area (Å²) in [5.74, 6) is 6.12. The molecule has 3 atom stereocenters. The number of carbonyl (C=O) groups excluding carboxylic acids is 1. The van der Waals surface area contributed by atoms with Crippen molar-refractivity contribution in [3.63, 3.8) is 0 Å². The topological polar surface area (TPSA) is 127 Å². The van der Waals surface area contributed by atoms with Crippen LogP contribution in [0.3, 0.4) is 0 Å². The summed E-state index contributed by atoms with van der Waals surface area (Å²) in [5, 5.41) is 9.82. The third-order valence-electron chi connectivity index (χ3n) is 6.76. The highest BCUT2D eigenvalue weighted by Gasteiger charge is 2.36. The Hall–Kier alpha value is -3.92. The largest absolute Gasteiger partial charge is 0.495 e. The summed E-state index contributed by atoms with van der Waals surface area (Å²) in [6.45, 7) is 3.60. The second-order valence-corrected chi connectivity index (χ2v) is 11.8. The van der Waals surface area contributed by atoms with Crippen molar-refractivity contribution >= 4 is 15.9 Å². The average molecular weight is 568 g/mol. The number of methoxy groups -OCH3 is 1. The first-order chi connectivity index (χ1) is 19.0. The Kier molecular flexibility index (Phi) is 8.78. The summed E-state index contributed by atoms with van der Waals surface area (Å²) in [6.07, 6.45) is 3.71. The Morgan fingerprint density at radius 3 is 2.70 bits per heavy atom. The summed E-state index contributed by atoms with van der Waals surface area (Å²) >= 11 is 0. The van der Waals surface area contributed by atoms with Crippen molar-refractivity contribution in [2.75, 3.05) is 33.9 Å². The number of benzene rings is 1. The van der Waals surface area contributed by atoms with Gasteiger partial charge in [-0.3, -0.25) is 4.79 Å². The fourth-order valence-corrected chi connectivity index (χ4v) is 5.45. The molecule has 1 aliphatic heterocycles. The maximum absolute atomic E-state index is 13.6. The van der Waals surface area contributed by atoms with E-state index in [1.165, 1.54) is 30.1 Å². The first-order valence-corrected chi connectivity index (χ1v) is 14.2. The third kappa shape index (κ3) is 6.12. The third-order valence-corrected chi connectivity index (χ3v) is 8.47. The molecule has 12 heteroatoms. The lowest BCUT2D eigenvalue weighted by molar-refractivity contribution is 0.0373. The minimum Gasteiger partial charge on any atom is -0.495 e. The Labute approximate surface area is 234 Å². The molecule has 2 aromatic heterocycles. The molecular formula is C28H33N5O6S. The molecule has 0 bridgehead atoms. The van der Waals surface area contributed by atoms with Crippen LogP contribution in [-0.2, 0) is 17.1 Å². The summed E-state index contributed by atoms with van der Waals surface area (Å²) in [7, 11) is 0.841. The van der Waals surface area contributed by atoms with Crippen molar-refractivity contribution < 1.29 is 27.8 Å². The van der Waals surface area contributed by atoms with E-state index >= 15 is 0 Å². The summed E-state index contributed by atoms with van der Waals surface area (Å²) in [6, 6.07) is 8.45. The maximum Gasteiger partial charge on any atom is 0.261 e. The highest BCUT2D eigenvalue weighted by molar-refractivity contribution is 7.89. The van der Waals surface area contributed by atoms with Gasteiger partial charge in [-0.25, -0.2) is 18.4 Å². The quantitative estimate of drug-likeness (QED) is 0.428. The molecule has 0 saturated heterocycles. The van der Waals surface area contributed by atoms with E-state index in [9.17, 15) is 18.3 Å². The number of nitrogens with zero attached hydrogens (tertiary/aromatic N) is 5. The van der Waals surface area contributed by atoms with Crippen LogP contribution in [0.15, 0.2) is 54.1 Å². The number of aliphatic hydroxyl groups is 1. The van der Waals surface area contributed by atoms with E-state index in [4.69, 9.17) is 9.47 Å². The van der Waals surface area contributed by atoms with Crippen LogP contribution in [0.2, 0.25) is 0 Å². The molecule has 1 aromatic carbocycles. The lowest BCUT2D eigenvalue weighted by atomic mass is 10.0. The number of aryl methyl sites for hydroxylation is 1. The maximum atomic E-state index is 13.6. The molecule has 3 heterocycles. The summed E-state index contributed by atoms with van der Waals surface area (Å²) < 4.78 is 40.6. The van der Waals surface area contributed by atoms with E-state index in [0.29, 0.717) is 16.9 Å². The number of ether oxygens (including phenoxy) is 2. The van der Waals surface area contributed by atoms with Gasteiger partial charge in [0.05, 0.1) is 38.2 Å². The highest BCUT2D eigenvalue weighted by atomic mass is 32.2. The predicted molar refractivity (Wildman–Crippen MR) is 147 cm³/mol. The second kappa shape index (κ2) is 12.1. The molecule has 3 aromatic rings. The minimum atomic E-state index is -3.88. The van der Waals surface area contributed by atoms with Gasteiger partial charge in [-0.1, -0.05) is 30.9 Å². The van der Waals surface area contributed by atoms with E-state index in [1.54, 1.807) is 42.7 Å². The number of fused-ring (bicyclic) bond motifs is 1. The number of aromatic nitrogens is 3. The zero-order chi connectivity index (χ0) is 29.0. The smallest absolute Gasteiger partial charge is 0.261 e. The number of para-hydroxylation sites is 1. The highest BCUT2D eigenvalue weighted by Crippen LogP contribution is 2.28. The summed E-state index contributed by atoms with van der Waals surface area (Å²) in [5.41, 5.74) is 1.35. The minimum absolute atomic E-state index is 0.00785. The van der Waals surface area contributed by atoms with Crippen molar-refractivity contribution in [3.05, 3.63) is 65.7 Å². The van der Waals surface area contributed by atoms with E-state index in [-0.39, 0.29) is 48.0 Å². The molecule has 40 heavy (non-hydrogen) atoms. The van der Waals surface area contributed by atoms with Crippen molar-refractivity contribution in [2.45, 2.75) is 31.0 Å². The van der Waals surface area contributed by atoms with E-state index in [0.717, 1.165) is 0 Å². The van der Waals surface area contributed by atoms with Gasteiger partial charge in [0.15, 0.2) is 5.03 Å². The molecule has 1 N–H and O–H groups in total. The monoisotopic (exact) mass is 567 g/mol. The molecular weight excluding hydrogens is 534 g/mol. The molecule has 212 valence electrons. The number of hydrogen-bond acceptors (Lipinski definition) is 8. The fraction of sp³-hybridized carbons (Fsp3) is 0.393. The molecule has 1 amide bonds. The van der Waals surface area contributed by atoms with E-state index < -0.39 is 22.2 Å². The van der Waals surface area contributed by atoms with Crippen LogP contribution in [-0.4, -0.2) is 89.2 Å². The van der Waals surface area contributed by atoms with Crippen LogP contribution >= 0.6 is 0 Å². The van der Waals surface area contributed by atoms with Crippen molar-refractivity contribution in [2.24, 2.45) is 13.0 Å². The van der Waals surface area contributed by atoms with Crippen molar-refractivity contribution in [1.29, 1.82) is 0 Å². The van der Waals surface area contributed by atoms with Crippen LogP contribution in [0.25, 0.3) is 0 Å². The number of sulfonamides is 1. The van der Waals surface area contributed by atoms with Gasteiger partial charge in [0.25, 0.3) is 15.9 Å². The Bertz CT molecular complexity index is 1540. The summed E-state index contributed by atoms with van der Waals surface area (Å²) in [4.78, 5) is 23.6. The van der Waals surface area contributed by atoms with E-state index in [1.807, 2.05) is 25.1 Å². The van der Waals surface area contributed by atoms with Crippen LogP contribution in [0, 0.1) is 17.8 Å².